The third-order valence-corrected chi connectivity index (χ3v) is 5.81. The zero-order valence-electron chi connectivity index (χ0n) is 18.9. The summed E-state index contributed by atoms with van der Waals surface area (Å²) in [6, 6.07) is 13.0. The van der Waals surface area contributed by atoms with Gasteiger partial charge in [-0.1, -0.05) is 23.4 Å². The van der Waals surface area contributed by atoms with Gasteiger partial charge in [0.15, 0.2) is 11.3 Å². The van der Waals surface area contributed by atoms with Crippen LogP contribution in [0, 0.1) is 6.92 Å². The van der Waals surface area contributed by atoms with E-state index in [9.17, 15) is 4.79 Å². The lowest BCUT2D eigenvalue weighted by molar-refractivity contribution is 0.0302. The van der Waals surface area contributed by atoms with Crippen molar-refractivity contribution in [3.05, 3.63) is 65.7 Å². The van der Waals surface area contributed by atoms with Crippen LogP contribution in [0.1, 0.15) is 21.8 Å². The number of fused-ring (bicyclic) bond motifs is 3. The van der Waals surface area contributed by atoms with Gasteiger partial charge in [0.05, 0.1) is 24.5 Å². The van der Waals surface area contributed by atoms with Gasteiger partial charge in [-0.05, 0) is 25.1 Å². The molecule has 0 spiro atoms. The van der Waals surface area contributed by atoms with Gasteiger partial charge in [0.25, 0.3) is 5.91 Å². The van der Waals surface area contributed by atoms with Crippen molar-refractivity contribution in [3.63, 3.8) is 0 Å². The molecule has 4 aromatic heterocycles. The zero-order chi connectivity index (χ0) is 23.8. The highest BCUT2D eigenvalue weighted by Gasteiger charge is 2.20. The maximum atomic E-state index is 12.6. The lowest BCUT2D eigenvalue weighted by Gasteiger charge is -2.26. The summed E-state index contributed by atoms with van der Waals surface area (Å²) in [5.41, 5.74) is 2.34. The molecular weight excluding hydrogens is 450 g/mol. The molecule has 1 aliphatic heterocycles. The van der Waals surface area contributed by atoms with Crippen LogP contribution in [0.15, 0.2) is 53.2 Å². The highest BCUT2D eigenvalue weighted by atomic mass is 16.5. The van der Waals surface area contributed by atoms with Crippen molar-refractivity contribution in [3.8, 4) is 17.4 Å². The molecule has 1 amide bonds. The van der Waals surface area contributed by atoms with Crippen molar-refractivity contribution in [2.45, 2.75) is 13.5 Å². The molecule has 0 aliphatic carbocycles. The number of rotatable bonds is 5. The molecule has 0 N–H and O–H groups in total. The Labute approximate surface area is 199 Å². The minimum absolute atomic E-state index is 0.0467. The monoisotopic (exact) mass is 471 g/mol. The molecule has 35 heavy (non-hydrogen) atoms. The minimum Gasteiger partial charge on any atom is -0.470 e. The van der Waals surface area contributed by atoms with Crippen LogP contribution in [0.4, 0.5) is 0 Å². The van der Waals surface area contributed by atoms with Crippen molar-refractivity contribution in [2.75, 3.05) is 26.3 Å². The zero-order valence-corrected chi connectivity index (χ0v) is 18.9. The lowest BCUT2D eigenvalue weighted by Crippen LogP contribution is -2.40. The van der Waals surface area contributed by atoms with E-state index in [0.29, 0.717) is 66.4 Å². The highest BCUT2D eigenvalue weighted by Crippen LogP contribution is 2.29. The molecule has 0 radical (unpaired) electrons. The summed E-state index contributed by atoms with van der Waals surface area (Å²) in [7, 11) is 0. The number of nitrogens with zero attached hydrogens (tertiary/aromatic N) is 7. The summed E-state index contributed by atoms with van der Waals surface area (Å²) in [6.07, 6.45) is 1.58. The molecule has 0 bridgehead atoms. The summed E-state index contributed by atoms with van der Waals surface area (Å²) in [5, 5.41) is 18.9. The third kappa shape index (κ3) is 3.95. The summed E-state index contributed by atoms with van der Waals surface area (Å²) < 4.78 is 18.2. The predicted molar refractivity (Wildman–Crippen MR) is 124 cm³/mol. The number of hydrogen-bond donors (Lipinski definition) is 0. The number of benzene rings is 1. The number of pyridine rings is 1. The van der Waals surface area contributed by atoms with Gasteiger partial charge < -0.3 is 18.9 Å². The fraction of sp³-hybridized carbons (Fsp3) is 0.250. The van der Waals surface area contributed by atoms with Crippen LogP contribution >= 0.6 is 0 Å². The second-order valence-corrected chi connectivity index (χ2v) is 8.16. The van der Waals surface area contributed by atoms with Gasteiger partial charge in [-0.25, -0.2) is 0 Å². The van der Waals surface area contributed by atoms with Crippen molar-refractivity contribution in [1.82, 2.24) is 34.9 Å². The lowest BCUT2D eigenvalue weighted by atomic mass is 10.2. The van der Waals surface area contributed by atoms with Crippen LogP contribution in [-0.4, -0.2) is 67.1 Å². The fourth-order valence-electron chi connectivity index (χ4n) is 4.02. The van der Waals surface area contributed by atoms with Gasteiger partial charge in [-0.2, -0.15) is 4.52 Å². The van der Waals surface area contributed by atoms with E-state index in [1.54, 1.807) is 33.8 Å². The van der Waals surface area contributed by atoms with Crippen LogP contribution in [-0.2, 0) is 11.3 Å². The Morgan fingerprint density at radius 2 is 1.91 bits per heavy atom. The standard InChI is InChI=1S/C24H21N7O4/c1-15-12-20(29-35-15)22-27-26-21-18-4-2-3-5-19(18)23(28-31(21)22)34-14-17-7-6-16(13-25-17)24(32)30-8-10-33-11-9-30/h2-7,12-13H,8-11,14H2,1H3. The molecule has 176 valence electrons. The molecule has 0 atom stereocenters. The molecule has 1 aliphatic rings. The first-order valence-corrected chi connectivity index (χ1v) is 11.2. The number of aryl methyl sites for hydroxylation is 1. The second-order valence-electron chi connectivity index (χ2n) is 8.16. The van der Waals surface area contributed by atoms with Crippen LogP contribution in [0.5, 0.6) is 5.88 Å². The Balaban J connectivity index is 1.28. The second kappa shape index (κ2) is 8.76. The molecule has 6 rings (SSSR count). The van der Waals surface area contributed by atoms with Crippen molar-refractivity contribution in [1.29, 1.82) is 0 Å². The third-order valence-electron chi connectivity index (χ3n) is 5.81. The molecule has 1 fully saturated rings. The summed E-state index contributed by atoms with van der Waals surface area (Å²) in [5.74, 6) is 1.48. The Hall–Kier alpha value is -4.38. The number of hydrogen-bond acceptors (Lipinski definition) is 9. The number of aromatic nitrogens is 6. The average Bonchev–Trinajstić information content (AvgIpc) is 3.53. The maximum absolute atomic E-state index is 12.6. The SMILES string of the molecule is Cc1cc(-c2nnc3c4ccccc4c(OCc4ccc(C(=O)N5CCOCC5)cn4)nn23)no1. The van der Waals surface area contributed by atoms with E-state index in [4.69, 9.17) is 14.0 Å². The van der Waals surface area contributed by atoms with E-state index in [1.807, 2.05) is 31.2 Å². The Kier molecular flexibility index (Phi) is 5.30. The molecule has 11 heteroatoms. The first-order valence-electron chi connectivity index (χ1n) is 11.2. The van der Waals surface area contributed by atoms with Crippen LogP contribution in [0.3, 0.4) is 0 Å². The van der Waals surface area contributed by atoms with E-state index in [1.165, 1.54) is 0 Å². The number of morpholine rings is 1. The van der Waals surface area contributed by atoms with Gasteiger partial charge in [0.2, 0.25) is 11.7 Å². The van der Waals surface area contributed by atoms with Crippen molar-refractivity contribution in [2.24, 2.45) is 0 Å². The quantitative estimate of drug-likeness (QED) is 0.381. The summed E-state index contributed by atoms with van der Waals surface area (Å²) >= 11 is 0. The molecule has 0 unspecified atom stereocenters. The molecular formula is C24H21N7O4. The van der Waals surface area contributed by atoms with Gasteiger partial charge in [-0.3, -0.25) is 9.78 Å². The normalized spacial score (nSPS) is 14.0. The number of carbonyl (C=O) groups is 1. The molecule has 1 saturated heterocycles. The molecule has 5 aromatic rings. The smallest absolute Gasteiger partial charge is 0.255 e. The Bertz CT molecular complexity index is 1520. The Morgan fingerprint density at radius 1 is 1.09 bits per heavy atom. The fourth-order valence-corrected chi connectivity index (χ4v) is 4.02. The average molecular weight is 471 g/mol. The highest BCUT2D eigenvalue weighted by molar-refractivity contribution is 5.97. The number of ether oxygens (including phenoxy) is 2. The maximum Gasteiger partial charge on any atom is 0.255 e. The number of carbonyl (C=O) groups excluding carboxylic acids is 1. The van der Waals surface area contributed by atoms with E-state index in [-0.39, 0.29) is 12.5 Å². The van der Waals surface area contributed by atoms with Crippen LogP contribution in [0.25, 0.3) is 27.9 Å². The summed E-state index contributed by atoms with van der Waals surface area (Å²) in [6.45, 7) is 4.27. The Morgan fingerprint density at radius 3 is 2.66 bits per heavy atom. The topological polar surface area (TPSA) is 121 Å². The van der Waals surface area contributed by atoms with E-state index in [2.05, 4.69) is 25.4 Å². The van der Waals surface area contributed by atoms with E-state index >= 15 is 0 Å². The summed E-state index contributed by atoms with van der Waals surface area (Å²) in [4.78, 5) is 18.8. The van der Waals surface area contributed by atoms with Gasteiger partial charge in [-0.15, -0.1) is 15.3 Å². The first kappa shape index (κ1) is 21.2. The molecule has 11 nitrogen and oxygen atoms in total. The minimum atomic E-state index is -0.0467. The first-order chi connectivity index (χ1) is 17.2. The van der Waals surface area contributed by atoms with Gasteiger partial charge in [0, 0.05) is 36.1 Å². The largest absolute Gasteiger partial charge is 0.470 e. The van der Waals surface area contributed by atoms with Gasteiger partial charge >= 0.3 is 0 Å². The van der Waals surface area contributed by atoms with E-state index in [0.717, 1.165) is 10.8 Å². The van der Waals surface area contributed by atoms with Crippen LogP contribution < -0.4 is 4.74 Å². The van der Waals surface area contributed by atoms with E-state index < -0.39 is 0 Å². The molecule has 1 aromatic carbocycles. The molecule has 5 heterocycles. The van der Waals surface area contributed by atoms with Crippen molar-refractivity contribution >= 4 is 22.3 Å². The predicted octanol–water partition coefficient (Wildman–Crippen LogP) is 2.69. The number of amides is 1. The van der Waals surface area contributed by atoms with Crippen molar-refractivity contribution < 1.29 is 18.8 Å². The van der Waals surface area contributed by atoms with Gasteiger partial charge in [0.1, 0.15) is 12.4 Å². The van der Waals surface area contributed by atoms with Crippen LogP contribution in [0.2, 0.25) is 0 Å². The molecule has 0 saturated carbocycles.